The van der Waals surface area contributed by atoms with E-state index in [9.17, 15) is 9.18 Å². The predicted molar refractivity (Wildman–Crippen MR) is 81.9 cm³/mol. The SMILES string of the molecule is O=C(Nc1ccccn1)c1ccc(-c2ccc(F)cc2)s1. The molecule has 0 radical (unpaired) electrons. The van der Waals surface area contributed by atoms with Crippen molar-refractivity contribution in [3.05, 3.63) is 71.5 Å². The Morgan fingerprint density at radius 2 is 1.86 bits per heavy atom. The van der Waals surface area contributed by atoms with E-state index < -0.39 is 0 Å². The van der Waals surface area contributed by atoms with Gasteiger partial charge in [-0.15, -0.1) is 11.3 Å². The van der Waals surface area contributed by atoms with Crippen molar-refractivity contribution in [1.29, 1.82) is 0 Å². The van der Waals surface area contributed by atoms with Gasteiger partial charge in [0, 0.05) is 11.1 Å². The molecule has 104 valence electrons. The number of rotatable bonds is 3. The summed E-state index contributed by atoms with van der Waals surface area (Å²) in [5.74, 6) is 0.0368. The van der Waals surface area contributed by atoms with Crippen molar-refractivity contribution in [3.63, 3.8) is 0 Å². The first-order valence-electron chi connectivity index (χ1n) is 6.30. The topological polar surface area (TPSA) is 42.0 Å². The zero-order chi connectivity index (χ0) is 14.7. The van der Waals surface area contributed by atoms with Gasteiger partial charge in [-0.2, -0.15) is 0 Å². The smallest absolute Gasteiger partial charge is 0.266 e. The molecule has 0 fully saturated rings. The number of hydrogen-bond donors (Lipinski definition) is 1. The number of nitrogens with zero attached hydrogens (tertiary/aromatic N) is 1. The Morgan fingerprint density at radius 1 is 1.05 bits per heavy atom. The monoisotopic (exact) mass is 298 g/mol. The van der Waals surface area contributed by atoms with E-state index >= 15 is 0 Å². The maximum absolute atomic E-state index is 12.9. The van der Waals surface area contributed by atoms with Crippen molar-refractivity contribution < 1.29 is 9.18 Å². The number of benzene rings is 1. The molecule has 0 saturated heterocycles. The lowest BCUT2D eigenvalue weighted by molar-refractivity contribution is 0.103. The van der Waals surface area contributed by atoms with Gasteiger partial charge in [0.05, 0.1) is 4.88 Å². The Morgan fingerprint density at radius 3 is 2.57 bits per heavy atom. The number of carbonyl (C=O) groups is 1. The first-order valence-corrected chi connectivity index (χ1v) is 7.12. The fourth-order valence-corrected chi connectivity index (χ4v) is 2.75. The molecule has 0 aliphatic heterocycles. The third-order valence-corrected chi connectivity index (χ3v) is 4.00. The second-order valence-electron chi connectivity index (χ2n) is 4.34. The number of hydrogen-bond acceptors (Lipinski definition) is 3. The van der Waals surface area contributed by atoms with Gasteiger partial charge in [-0.05, 0) is 42.0 Å². The molecular weight excluding hydrogens is 287 g/mol. The minimum Gasteiger partial charge on any atom is -0.306 e. The molecule has 3 rings (SSSR count). The van der Waals surface area contributed by atoms with Crippen molar-refractivity contribution in [3.8, 4) is 10.4 Å². The Hall–Kier alpha value is -2.53. The van der Waals surface area contributed by atoms with Gasteiger partial charge in [-0.25, -0.2) is 9.37 Å². The van der Waals surface area contributed by atoms with Crippen molar-refractivity contribution in [2.75, 3.05) is 5.32 Å². The van der Waals surface area contributed by atoms with Crippen LogP contribution in [0.1, 0.15) is 9.67 Å². The van der Waals surface area contributed by atoms with Crippen LogP contribution in [0, 0.1) is 5.82 Å². The lowest BCUT2D eigenvalue weighted by Gasteiger charge is -2.01. The molecule has 1 amide bonds. The largest absolute Gasteiger partial charge is 0.306 e. The maximum atomic E-state index is 12.9. The molecule has 0 saturated carbocycles. The van der Waals surface area contributed by atoms with Gasteiger partial charge in [-0.3, -0.25) is 4.79 Å². The van der Waals surface area contributed by atoms with Crippen molar-refractivity contribution in [2.24, 2.45) is 0 Å². The second kappa shape index (κ2) is 5.85. The highest BCUT2D eigenvalue weighted by Crippen LogP contribution is 2.28. The fraction of sp³-hybridized carbons (Fsp3) is 0. The number of carbonyl (C=O) groups excluding carboxylic acids is 1. The number of amides is 1. The standard InChI is InChI=1S/C16H11FN2OS/c17-12-6-4-11(5-7-12)13-8-9-14(21-13)16(20)19-15-3-1-2-10-18-15/h1-10H,(H,18,19,20). The number of thiophene rings is 1. The Labute approximate surface area is 125 Å². The molecule has 3 aromatic rings. The summed E-state index contributed by atoms with van der Waals surface area (Å²) >= 11 is 1.36. The van der Waals surface area contributed by atoms with E-state index in [1.165, 1.54) is 23.5 Å². The van der Waals surface area contributed by atoms with Gasteiger partial charge in [0.2, 0.25) is 0 Å². The summed E-state index contributed by atoms with van der Waals surface area (Å²) in [6.07, 6.45) is 1.62. The van der Waals surface area contributed by atoms with E-state index in [0.717, 1.165) is 10.4 Å². The van der Waals surface area contributed by atoms with Crippen molar-refractivity contribution in [1.82, 2.24) is 4.98 Å². The summed E-state index contributed by atoms with van der Waals surface area (Å²) in [5, 5.41) is 2.73. The van der Waals surface area contributed by atoms with Gasteiger partial charge in [0.1, 0.15) is 11.6 Å². The molecular formula is C16H11FN2OS. The van der Waals surface area contributed by atoms with E-state index in [-0.39, 0.29) is 11.7 Å². The Bertz CT molecular complexity index is 753. The third kappa shape index (κ3) is 3.14. The third-order valence-electron chi connectivity index (χ3n) is 2.87. The molecule has 2 aromatic heterocycles. The van der Waals surface area contributed by atoms with Crippen LogP contribution >= 0.6 is 11.3 Å². The first-order chi connectivity index (χ1) is 10.2. The van der Waals surface area contributed by atoms with E-state index in [4.69, 9.17) is 0 Å². The van der Waals surface area contributed by atoms with Crippen LogP contribution in [0.4, 0.5) is 10.2 Å². The van der Waals surface area contributed by atoms with Gasteiger partial charge in [-0.1, -0.05) is 18.2 Å². The minimum atomic E-state index is -0.275. The summed E-state index contributed by atoms with van der Waals surface area (Å²) in [7, 11) is 0. The number of nitrogens with one attached hydrogen (secondary N) is 1. The summed E-state index contributed by atoms with van der Waals surface area (Å²) in [6.45, 7) is 0. The summed E-state index contributed by atoms with van der Waals surface area (Å²) in [4.78, 5) is 17.7. The first kappa shape index (κ1) is 13.5. The lowest BCUT2D eigenvalue weighted by atomic mass is 10.2. The van der Waals surface area contributed by atoms with Crippen LogP contribution in [0.15, 0.2) is 60.8 Å². The average Bonchev–Trinajstić information content (AvgIpc) is 2.99. The average molecular weight is 298 g/mol. The van der Waals surface area contributed by atoms with E-state index in [2.05, 4.69) is 10.3 Å². The minimum absolute atomic E-state index is 0.202. The molecule has 0 atom stereocenters. The Kier molecular flexibility index (Phi) is 3.75. The second-order valence-corrected chi connectivity index (χ2v) is 5.42. The van der Waals surface area contributed by atoms with Crippen LogP contribution in [0.5, 0.6) is 0 Å². The Balaban J connectivity index is 1.78. The molecule has 21 heavy (non-hydrogen) atoms. The molecule has 0 bridgehead atoms. The molecule has 3 nitrogen and oxygen atoms in total. The molecule has 0 aliphatic carbocycles. The lowest BCUT2D eigenvalue weighted by Crippen LogP contribution is -2.10. The summed E-state index contributed by atoms with van der Waals surface area (Å²) < 4.78 is 12.9. The summed E-state index contributed by atoms with van der Waals surface area (Å²) in [6, 6.07) is 15.1. The number of aromatic nitrogens is 1. The summed E-state index contributed by atoms with van der Waals surface area (Å²) in [5.41, 5.74) is 0.887. The quantitative estimate of drug-likeness (QED) is 0.787. The van der Waals surface area contributed by atoms with Crippen LogP contribution in [0.2, 0.25) is 0 Å². The number of halogens is 1. The van der Waals surface area contributed by atoms with Crippen LogP contribution in [0.3, 0.4) is 0 Å². The molecule has 0 spiro atoms. The number of anilines is 1. The van der Waals surface area contributed by atoms with Crippen LogP contribution in [0.25, 0.3) is 10.4 Å². The predicted octanol–water partition coefficient (Wildman–Crippen LogP) is 4.20. The molecule has 0 aliphatic rings. The molecule has 0 unspecified atom stereocenters. The van der Waals surface area contributed by atoms with Crippen LogP contribution < -0.4 is 5.32 Å². The van der Waals surface area contributed by atoms with Crippen molar-refractivity contribution >= 4 is 23.1 Å². The van der Waals surface area contributed by atoms with Crippen LogP contribution in [-0.2, 0) is 0 Å². The molecule has 5 heteroatoms. The van der Waals surface area contributed by atoms with Gasteiger partial charge in [0.15, 0.2) is 0 Å². The van der Waals surface area contributed by atoms with Crippen LogP contribution in [-0.4, -0.2) is 10.9 Å². The highest BCUT2D eigenvalue weighted by Gasteiger charge is 2.11. The highest BCUT2D eigenvalue weighted by atomic mass is 32.1. The molecule has 1 N–H and O–H groups in total. The zero-order valence-corrected chi connectivity index (χ0v) is 11.7. The van der Waals surface area contributed by atoms with Gasteiger partial charge >= 0.3 is 0 Å². The highest BCUT2D eigenvalue weighted by molar-refractivity contribution is 7.17. The van der Waals surface area contributed by atoms with Crippen molar-refractivity contribution in [2.45, 2.75) is 0 Å². The van der Waals surface area contributed by atoms with Gasteiger partial charge < -0.3 is 5.32 Å². The van der Waals surface area contributed by atoms with Gasteiger partial charge in [0.25, 0.3) is 5.91 Å². The van der Waals surface area contributed by atoms with E-state index in [1.54, 1.807) is 42.6 Å². The molecule has 1 aromatic carbocycles. The number of pyridine rings is 1. The normalized spacial score (nSPS) is 10.3. The maximum Gasteiger partial charge on any atom is 0.266 e. The zero-order valence-electron chi connectivity index (χ0n) is 10.9. The van der Waals surface area contributed by atoms with E-state index in [0.29, 0.717) is 10.7 Å². The fourth-order valence-electron chi connectivity index (χ4n) is 1.84. The van der Waals surface area contributed by atoms with E-state index in [1.807, 2.05) is 6.07 Å². The molecule has 2 heterocycles.